The second kappa shape index (κ2) is 14.4. The lowest BCUT2D eigenvalue weighted by Gasteiger charge is -2.47. The first kappa shape index (κ1) is 38.5. The van der Waals surface area contributed by atoms with Gasteiger partial charge in [-0.2, -0.15) is 18.2 Å². The molecule has 58 heavy (non-hydrogen) atoms. The van der Waals surface area contributed by atoms with Gasteiger partial charge in [0.25, 0.3) is 0 Å². The summed E-state index contributed by atoms with van der Waals surface area (Å²) in [6.07, 6.45) is -2.13. The number of fused-ring (bicyclic) bond motifs is 1. The van der Waals surface area contributed by atoms with Crippen LogP contribution >= 0.6 is 11.6 Å². The van der Waals surface area contributed by atoms with Crippen LogP contribution in [0, 0.1) is 16.6 Å². The highest BCUT2D eigenvalue weighted by atomic mass is 35.5. The summed E-state index contributed by atoms with van der Waals surface area (Å²) in [7, 11) is 2.85. The van der Waals surface area contributed by atoms with Gasteiger partial charge in [0.05, 0.1) is 24.9 Å². The van der Waals surface area contributed by atoms with E-state index in [2.05, 4.69) is 25.5 Å². The number of methoxy groups -OCH3 is 2. The maximum atomic E-state index is 15.9. The number of hydrogen-bond acceptors (Lipinski definition) is 9. The molecule has 1 atom stereocenters. The maximum Gasteiger partial charge on any atom is 0.421 e. The SMILES string of the molecule is COc1cc(-c2nccc(-c3cccc4c3CC[C@@H]4Oc3nc(OC)c(CN4CC5(CNC(=O)C5)C4)cc3C(F)(F)F)c2Cl)cc(F)c1CN1CC2(CNC(=O)C2)C1. The number of amides is 2. The van der Waals surface area contributed by atoms with Crippen LogP contribution in [-0.4, -0.2) is 85.1 Å². The Kier molecular flexibility index (Phi) is 9.55. The zero-order valence-corrected chi connectivity index (χ0v) is 32.7. The number of ether oxygens (including phenoxy) is 3. The highest BCUT2D eigenvalue weighted by Gasteiger charge is 2.49. The third-order valence-corrected chi connectivity index (χ3v) is 12.6. The molecule has 1 aliphatic carbocycles. The van der Waals surface area contributed by atoms with Gasteiger partial charge in [-0.15, -0.1) is 0 Å². The summed E-state index contributed by atoms with van der Waals surface area (Å²) in [5.74, 6) is -0.605. The van der Waals surface area contributed by atoms with E-state index in [9.17, 15) is 22.8 Å². The molecule has 2 aromatic carbocycles. The normalized spacial score (nSPS) is 20.8. The first-order chi connectivity index (χ1) is 27.8. The van der Waals surface area contributed by atoms with Crippen molar-refractivity contribution in [3.63, 3.8) is 0 Å². The van der Waals surface area contributed by atoms with Crippen molar-refractivity contribution < 1.29 is 41.4 Å². The van der Waals surface area contributed by atoms with Crippen molar-refractivity contribution in [2.24, 2.45) is 10.8 Å². The topological polar surface area (TPSA) is 118 Å². The molecule has 2 aromatic heterocycles. The average molecular weight is 821 g/mol. The Labute approximate surface area is 337 Å². The van der Waals surface area contributed by atoms with Gasteiger partial charge in [-0.1, -0.05) is 29.8 Å². The van der Waals surface area contributed by atoms with Crippen LogP contribution in [-0.2, 0) is 35.3 Å². The van der Waals surface area contributed by atoms with Crippen molar-refractivity contribution in [1.29, 1.82) is 0 Å². The number of likely N-dealkylation sites (tertiary alicyclic amines) is 2. The Morgan fingerprint density at radius 2 is 1.59 bits per heavy atom. The maximum absolute atomic E-state index is 15.9. The molecule has 2 N–H and O–H groups in total. The van der Waals surface area contributed by atoms with E-state index in [0.29, 0.717) is 105 Å². The zero-order valence-electron chi connectivity index (χ0n) is 31.9. The van der Waals surface area contributed by atoms with Crippen molar-refractivity contribution in [3.05, 3.63) is 87.3 Å². The highest BCUT2D eigenvalue weighted by molar-refractivity contribution is 6.35. The van der Waals surface area contributed by atoms with Gasteiger partial charge in [0, 0.05) is 104 Å². The minimum Gasteiger partial charge on any atom is -0.496 e. The van der Waals surface area contributed by atoms with Crippen molar-refractivity contribution in [2.45, 2.75) is 51.1 Å². The van der Waals surface area contributed by atoms with E-state index in [1.807, 2.05) is 17.0 Å². The average Bonchev–Trinajstić information content (AvgIpc) is 3.88. The van der Waals surface area contributed by atoms with Gasteiger partial charge in [-0.05, 0) is 53.8 Å². The predicted octanol–water partition coefficient (Wildman–Crippen LogP) is 6.35. The zero-order chi connectivity index (χ0) is 40.6. The molecule has 4 fully saturated rings. The van der Waals surface area contributed by atoms with E-state index in [4.69, 9.17) is 25.8 Å². The number of rotatable bonds is 10. The van der Waals surface area contributed by atoms with Gasteiger partial charge >= 0.3 is 6.18 Å². The number of halogens is 5. The Balaban J connectivity index is 0.958. The molecule has 6 heterocycles. The van der Waals surface area contributed by atoms with Gasteiger partial charge in [0.2, 0.25) is 23.6 Å². The fraction of sp³-hybridized carbons (Fsp3) is 0.429. The molecule has 5 aliphatic rings. The first-order valence-corrected chi connectivity index (χ1v) is 19.6. The van der Waals surface area contributed by atoms with E-state index >= 15 is 4.39 Å². The number of carbonyl (C=O) groups excluding carboxylic acids is 2. The molecule has 0 bridgehead atoms. The number of benzene rings is 2. The van der Waals surface area contributed by atoms with Gasteiger partial charge in [-0.3, -0.25) is 24.4 Å². The molecular weight excluding hydrogens is 780 g/mol. The fourth-order valence-electron chi connectivity index (χ4n) is 9.61. The second-order valence-corrected chi connectivity index (χ2v) is 16.8. The summed E-state index contributed by atoms with van der Waals surface area (Å²) in [5, 5.41) is 6.01. The monoisotopic (exact) mass is 820 g/mol. The molecule has 11 nitrogen and oxygen atoms in total. The van der Waals surface area contributed by atoms with Gasteiger partial charge in [-0.25, -0.2) is 4.39 Å². The number of aromatic nitrogens is 2. The molecule has 2 amide bonds. The number of carbonyl (C=O) groups is 2. The Morgan fingerprint density at radius 3 is 2.21 bits per heavy atom. The minimum atomic E-state index is -4.75. The molecule has 0 radical (unpaired) electrons. The van der Waals surface area contributed by atoms with E-state index in [1.54, 1.807) is 24.4 Å². The van der Waals surface area contributed by atoms with Crippen LogP contribution in [0.25, 0.3) is 22.4 Å². The van der Waals surface area contributed by atoms with Crippen molar-refractivity contribution in [3.8, 4) is 39.9 Å². The number of nitrogens with one attached hydrogen (secondary N) is 2. The van der Waals surface area contributed by atoms with Crippen LogP contribution in [0.3, 0.4) is 0 Å². The van der Waals surface area contributed by atoms with E-state index in [-0.39, 0.29) is 45.7 Å². The molecule has 0 unspecified atom stereocenters. The summed E-state index contributed by atoms with van der Waals surface area (Å²) >= 11 is 7.07. The Morgan fingerprint density at radius 1 is 0.897 bits per heavy atom. The van der Waals surface area contributed by atoms with E-state index in [1.165, 1.54) is 20.3 Å². The van der Waals surface area contributed by atoms with E-state index in [0.717, 1.165) is 17.2 Å². The standard InChI is InChI=1S/C42H41ClF4N6O5/c1-56-33-12-23(11-31(44)29(33)16-53-21-41(22-53)14-35(55)50-18-41)37-36(43)28(8-9-48-37)25-4-3-5-27-26(25)6-7-32(27)58-39-30(42(45,46)47)10-24(38(51-39)57-2)15-52-19-40(20-52)13-34(54)49-17-40/h3-5,8-12,32H,6-7,13-22H2,1-2H3,(H,49,54)(H,50,55)/t32-/m0/s1. The van der Waals surface area contributed by atoms with Crippen molar-refractivity contribution in [2.75, 3.05) is 53.5 Å². The third kappa shape index (κ3) is 6.90. The minimum absolute atomic E-state index is 0.0110. The molecule has 4 saturated heterocycles. The summed E-state index contributed by atoms with van der Waals surface area (Å²) in [4.78, 5) is 36.4. The second-order valence-electron chi connectivity index (χ2n) is 16.4. The lowest BCUT2D eigenvalue weighted by atomic mass is 9.78. The number of hydrogen-bond donors (Lipinski definition) is 2. The number of alkyl halides is 3. The molecule has 16 heteroatoms. The van der Waals surface area contributed by atoms with Crippen LogP contribution in [0.5, 0.6) is 17.5 Å². The smallest absolute Gasteiger partial charge is 0.421 e. The molecule has 4 aliphatic heterocycles. The van der Waals surface area contributed by atoms with Crippen LogP contribution in [0.15, 0.2) is 48.7 Å². The molecular formula is C42H41ClF4N6O5. The Bertz CT molecular complexity index is 2330. The summed E-state index contributed by atoms with van der Waals surface area (Å²) in [6, 6.07) is 11.4. The lowest BCUT2D eigenvalue weighted by molar-refractivity contribution is -0.140. The molecule has 2 spiro atoms. The van der Waals surface area contributed by atoms with Gasteiger partial charge < -0.3 is 24.8 Å². The van der Waals surface area contributed by atoms with Crippen LogP contribution in [0.2, 0.25) is 5.02 Å². The molecule has 0 saturated carbocycles. The van der Waals surface area contributed by atoms with Crippen LogP contribution in [0.1, 0.15) is 53.2 Å². The van der Waals surface area contributed by atoms with Gasteiger partial charge in [0.15, 0.2) is 0 Å². The predicted molar refractivity (Wildman–Crippen MR) is 205 cm³/mol. The summed E-state index contributed by atoms with van der Waals surface area (Å²) in [5.41, 5.74) is 3.14. The van der Waals surface area contributed by atoms with Crippen LogP contribution in [0.4, 0.5) is 17.6 Å². The third-order valence-electron chi connectivity index (χ3n) is 12.2. The Hall–Kier alpha value is -4.99. The largest absolute Gasteiger partial charge is 0.496 e. The summed E-state index contributed by atoms with van der Waals surface area (Å²) < 4.78 is 76.9. The molecule has 9 rings (SSSR count). The highest BCUT2D eigenvalue weighted by Crippen LogP contribution is 2.47. The van der Waals surface area contributed by atoms with Crippen molar-refractivity contribution >= 4 is 23.4 Å². The molecule has 4 aromatic rings. The quantitative estimate of drug-likeness (QED) is 0.177. The fourth-order valence-corrected chi connectivity index (χ4v) is 9.93. The van der Waals surface area contributed by atoms with E-state index < -0.39 is 29.5 Å². The lowest BCUT2D eigenvalue weighted by Crippen LogP contribution is -2.56. The first-order valence-electron chi connectivity index (χ1n) is 19.2. The van der Waals surface area contributed by atoms with Crippen molar-refractivity contribution in [1.82, 2.24) is 30.4 Å². The van der Waals surface area contributed by atoms with Crippen LogP contribution < -0.4 is 24.8 Å². The van der Waals surface area contributed by atoms with Gasteiger partial charge in [0.1, 0.15) is 23.2 Å². The molecule has 304 valence electrons. The number of pyridine rings is 2. The summed E-state index contributed by atoms with van der Waals surface area (Å²) in [6.45, 7) is 4.23. The number of nitrogens with zero attached hydrogens (tertiary/aromatic N) is 4.